The molecule has 0 radical (unpaired) electrons. The van der Waals surface area contributed by atoms with Gasteiger partial charge in [0.2, 0.25) is 0 Å². The number of halogens is 3. The van der Waals surface area contributed by atoms with Gasteiger partial charge in [0, 0.05) is 13.2 Å². The third-order valence-electron chi connectivity index (χ3n) is 3.83. The van der Waals surface area contributed by atoms with Gasteiger partial charge in [0.05, 0.1) is 5.56 Å². The Bertz CT molecular complexity index is 441. The third-order valence-corrected chi connectivity index (χ3v) is 3.83. The summed E-state index contributed by atoms with van der Waals surface area (Å²) in [5.74, 6) is 0.355. The van der Waals surface area contributed by atoms with E-state index in [-0.39, 0.29) is 0 Å². The predicted molar refractivity (Wildman–Crippen MR) is 76.1 cm³/mol. The van der Waals surface area contributed by atoms with E-state index in [4.69, 9.17) is 5.11 Å². The highest BCUT2D eigenvalue weighted by molar-refractivity contribution is 5.40. The van der Waals surface area contributed by atoms with Gasteiger partial charge < -0.3 is 15.7 Å². The quantitative estimate of drug-likeness (QED) is 0.879. The van der Waals surface area contributed by atoms with Crippen molar-refractivity contribution in [2.75, 3.05) is 27.2 Å². The molecule has 21 heavy (non-hydrogen) atoms. The smallest absolute Gasteiger partial charge is 0.400 e. The average molecular weight is 305 g/mol. The van der Waals surface area contributed by atoms with E-state index < -0.39 is 11.7 Å². The molecule has 0 spiro atoms. The molecule has 0 atom stereocenters. The SMILES string of the molecule is CN1CCC(Cc2ccc([NH3+])cc2C(F)(F)F)CC1.CO. The van der Waals surface area contributed by atoms with Crippen LogP contribution < -0.4 is 5.73 Å². The van der Waals surface area contributed by atoms with E-state index in [2.05, 4.69) is 17.7 Å². The van der Waals surface area contributed by atoms with Crippen LogP contribution in [0, 0.1) is 5.92 Å². The summed E-state index contributed by atoms with van der Waals surface area (Å²) in [5, 5.41) is 7.00. The first-order chi connectivity index (χ1) is 9.86. The van der Waals surface area contributed by atoms with Gasteiger partial charge in [-0.2, -0.15) is 13.2 Å². The summed E-state index contributed by atoms with van der Waals surface area (Å²) < 4.78 is 39.0. The Morgan fingerprint density at radius 2 is 1.81 bits per heavy atom. The maximum atomic E-state index is 13.0. The molecule has 0 aliphatic carbocycles. The molecular weight excluding hydrogens is 281 g/mol. The lowest BCUT2D eigenvalue weighted by Crippen LogP contribution is -2.40. The van der Waals surface area contributed by atoms with Crippen LogP contribution in [0.4, 0.5) is 18.9 Å². The third kappa shape index (κ3) is 5.30. The Kier molecular flexibility index (Phi) is 6.64. The molecule has 4 N–H and O–H groups in total. The molecule has 1 aromatic rings. The van der Waals surface area contributed by atoms with Gasteiger partial charge in [-0.15, -0.1) is 0 Å². The zero-order valence-corrected chi connectivity index (χ0v) is 12.6. The number of alkyl halides is 3. The largest absolute Gasteiger partial charge is 0.416 e. The summed E-state index contributed by atoms with van der Waals surface area (Å²) in [6.07, 6.45) is -1.82. The van der Waals surface area contributed by atoms with Crippen molar-refractivity contribution in [2.24, 2.45) is 5.92 Å². The molecule has 1 fully saturated rings. The van der Waals surface area contributed by atoms with Crippen LogP contribution in [0.25, 0.3) is 0 Å². The minimum Gasteiger partial charge on any atom is -0.400 e. The van der Waals surface area contributed by atoms with Crippen LogP contribution in [-0.4, -0.2) is 37.3 Å². The van der Waals surface area contributed by atoms with Crippen molar-refractivity contribution >= 4 is 5.69 Å². The fourth-order valence-electron chi connectivity index (χ4n) is 2.64. The lowest BCUT2D eigenvalue weighted by molar-refractivity contribution is -0.255. The first kappa shape index (κ1) is 17.9. The second-order valence-corrected chi connectivity index (χ2v) is 5.44. The molecule has 120 valence electrons. The van der Waals surface area contributed by atoms with Crippen LogP contribution in [0.1, 0.15) is 24.0 Å². The van der Waals surface area contributed by atoms with Crippen LogP contribution in [0.5, 0.6) is 0 Å². The predicted octanol–water partition coefficient (Wildman–Crippen LogP) is 2.07. The number of piperidine rings is 1. The first-order valence-corrected chi connectivity index (χ1v) is 7.01. The summed E-state index contributed by atoms with van der Waals surface area (Å²) in [4.78, 5) is 2.22. The van der Waals surface area contributed by atoms with Crippen molar-refractivity contribution in [3.63, 3.8) is 0 Å². The van der Waals surface area contributed by atoms with E-state index in [1.807, 2.05) is 0 Å². The summed E-state index contributed by atoms with van der Waals surface area (Å²) in [5.41, 5.74) is 3.90. The molecule has 0 amide bonds. The van der Waals surface area contributed by atoms with Gasteiger partial charge in [-0.3, -0.25) is 0 Å². The molecule has 6 heteroatoms. The number of nitrogens with zero attached hydrogens (tertiary/aromatic N) is 1. The van der Waals surface area contributed by atoms with Crippen LogP contribution in [0.2, 0.25) is 0 Å². The van der Waals surface area contributed by atoms with E-state index in [1.165, 1.54) is 0 Å². The van der Waals surface area contributed by atoms with Crippen LogP contribution >= 0.6 is 0 Å². The number of hydrogen-bond donors (Lipinski definition) is 2. The van der Waals surface area contributed by atoms with E-state index in [9.17, 15) is 13.2 Å². The molecular formula is C15H24F3N2O+. The zero-order chi connectivity index (χ0) is 16.0. The van der Waals surface area contributed by atoms with Gasteiger partial charge in [0.15, 0.2) is 0 Å². The first-order valence-electron chi connectivity index (χ1n) is 7.01. The maximum Gasteiger partial charge on any atom is 0.416 e. The average Bonchev–Trinajstić information content (AvgIpc) is 2.44. The van der Waals surface area contributed by atoms with E-state index in [1.54, 1.807) is 12.1 Å². The van der Waals surface area contributed by atoms with Crippen LogP contribution in [-0.2, 0) is 12.6 Å². The maximum absolute atomic E-state index is 13.0. The standard InChI is InChI=1S/C14H19F3N2.CH4O/c1-19-6-4-10(5-7-19)8-11-2-3-12(18)9-13(11)14(15,16)17;1-2/h2-3,9-10H,4-8,18H2,1H3;2H,1H3/p+1. The summed E-state index contributed by atoms with van der Waals surface area (Å²) in [6, 6.07) is 4.41. The number of likely N-dealkylation sites (tertiary alicyclic amines) is 1. The highest BCUT2D eigenvalue weighted by Gasteiger charge is 2.34. The number of rotatable bonds is 2. The minimum absolute atomic E-state index is 0.355. The molecule has 0 aromatic heterocycles. The molecule has 1 aliphatic heterocycles. The molecule has 0 saturated carbocycles. The molecule has 0 bridgehead atoms. The van der Waals surface area contributed by atoms with Gasteiger partial charge >= 0.3 is 6.18 Å². The Balaban J connectivity index is 0.00000106. The van der Waals surface area contributed by atoms with Crippen LogP contribution in [0.15, 0.2) is 18.2 Å². The highest BCUT2D eigenvalue weighted by atomic mass is 19.4. The van der Waals surface area contributed by atoms with Crippen molar-refractivity contribution in [1.82, 2.24) is 4.90 Å². The van der Waals surface area contributed by atoms with E-state index in [0.717, 1.165) is 39.1 Å². The Morgan fingerprint density at radius 3 is 2.33 bits per heavy atom. The Hall–Kier alpha value is -1.11. The van der Waals surface area contributed by atoms with Gasteiger partial charge in [-0.25, -0.2) is 0 Å². The molecule has 1 aromatic carbocycles. The number of quaternary nitrogens is 1. The fraction of sp³-hybridized carbons (Fsp3) is 0.600. The van der Waals surface area contributed by atoms with Crippen LogP contribution in [0.3, 0.4) is 0 Å². The number of benzene rings is 1. The lowest BCUT2D eigenvalue weighted by atomic mass is 9.88. The normalized spacial score (nSPS) is 17.3. The molecule has 1 saturated heterocycles. The highest BCUT2D eigenvalue weighted by Crippen LogP contribution is 2.35. The summed E-state index contributed by atoms with van der Waals surface area (Å²) >= 11 is 0. The van der Waals surface area contributed by atoms with E-state index in [0.29, 0.717) is 23.6 Å². The minimum atomic E-state index is -4.28. The van der Waals surface area contributed by atoms with Gasteiger partial charge in [-0.05, 0) is 56.9 Å². The Morgan fingerprint density at radius 1 is 1.24 bits per heavy atom. The van der Waals surface area contributed by atoms with Gasteiger partial charge in [-0.1, -0.05) is 6.07 Å². The Labute approximate surface area is 123 Å². The lowest BCUT2D eigenvalue weighted by Gasteiger charge is -2.29. The zero-order valence-electron chi connectivity index (χ0n) is 12.6. The summed E-state index contributed by atoms with van der Waals surface area (Å²) in [7, 11) is 3.05. The molecule has 0 unspecified atom stereocenters. The molecule has 1 heterocycles. The molecule has 3 nitrogen and oxygen atoms in total. The number of aliphatic hydroxyl groups is 1. The van der Waals surface area contributed by atoms with Gasteiger partial charge in [0.25, 0.3) is 0 Å². The second kappa shape index (κ2) is 7.77. The van der Waals surface area contributed by atoms with Crippen molar-refractivity contribution in [3.8, 4) is 0 Å². The monoisotopic (exact) mass is 305 g/mol. The van der Waals surface area contributed by atoms with E-state index >= 15 is 0 Å². The summed E-state index contributed by atoms with van der Waals surface area (Å²) in [6.45, 7) is 1.94. The van der Waals surface area contributed by atoms with Crippen molar-refractivity contribution in [1.29, 1.82) is 0 Å². The fourth-order valence-corrected chi connectivity index (χ4v) is 2.64. The topological polar surface area (TPSA) is 51.1 Å². The molecule has 2 rings (SSSR count). The van der Waals surface area contributed by atoms with Gasteiger partial charge in [0.1, 0.15) is 5.69 Å². The second-order valence-electron chi connectivity index (χ2n) is 5.44. The van der Waals surface area contributed by atoms with Crippen molar-refractivity contribution in [2.45, 2.75) is 25.4 Å². The number of hydrogen-bond acceptors (Lipinski definition) is 2. The van der Waals surface area contributed by atoms with Crippen molar-refractivity contribution in [3.05, 3.63) is 29.3 Å². The molecule has 1 aliphatic rings. The number of aliphatic hydroxyl groups excluding tert-OH is 1. The van der Waals surface area contributed by atoms with Crippen molar-refractivity contribution < 1.29 is 24.0 Å².